The summed E-state index contributed by atoms with van der Waals surface area (Å²) in [5.74, 6) is -0.0497. The van der Waals surface area contributed by atoms with E-state index in [1.54, 1.807) is 24.3 Å². The van der Waals surface area contributed by atoms with Crippen molar-refractivity contribution in [1.29, 1.82) is 0 Å². The summed E-state index contributed by atoms with van der Waals surface area (Å²) in [4.78, 5) is 31.6. The Morgan fingerprint density at radius 3 is 2.80 bits per heavy atom. The molecule has 0 saturated heterocycles. The van der Waals surface area contributed by atoms with Gasteiger partial charge in [-0.15, -0.1) is 22.7 Å². The summed E-state index contributed by atoms with van der Waals surface area (Å²) in [5.41, 5.74) is 1.47. The van der Waals surface area contributed by atoms with Crippen LogP contribution in [0.4, 0.5) is 0 Å². The van der Waals surface area contributed by atoms with Crippen molar-refractivity contribution < 1.29 is 9.21 Å². The number of carbonyl (C=O) groups excluding carboxylic acids is 1. The lowest BCUT2D eigenvalue weighted by Crippen LogP contribution is -2.26. The van der Waals surface area contributed by atoms with Crippen molar-refractivity contribution in [2.45, 2.75) is 33.7 Å². The van der Waals surface area contributed by atoms with E-state index in [1.807, 2.05) is 32.2 Å². The number of carbonyl (C=O) groups is 1. The van der Waals surface area contributed by atoms with E-state index in [-0.39, 0.29) is 11.8 Å². The zero-order valence-corrected chi connectivity index (χ0v) is 16.0. The lowest BCUT2D eigenvalue weighted by molar-refractivity contribution is -0.117. The molecule has 3 aromatic heterocycles. The summed E-state index contributed by atoms with van der Waals surface area (Å²) < 4.78 is 5.28. The van der Waals surface area contributed by atoms with Crippen LogP contribution < -0.4 is 10.9 Å². The zero-order valence-electron chi connectivity index (χ0n) is 14.4. The highest BCUT2D eigenvalue weighted by Gasteiger charge is 2.16. The fourth-order valence-corrected chi connectivity index (χ4v) is 4.34. The maximum absolute atomic E-state index is 12.1. The Kier molecular flexibility index (Phi) is 4.87. The molecule has 25 heavy (non-hydrogen) atoms. The third-order valence-electron chi connectivity index (χ3n) is 3.79. The van der Waals surface area contributed by atoms with Crippen molar-refractivity contribution in [2.24, 2.45) is 0 Å². The van der Waals surface area contributed by atoms with Crippen LogP contribution >= 0.6 is 22.7 Å². The first-order valence-corrected chi connectivity index (χ1v) is 9.49. The number of hydrogen-bond acceptors (Lipinski definition) is 6. The van der Waals surface area contributed by atoms with Gasteiger partial charge >= 0.3 is 5.63 Å². The fraction of sp³-hybridized carbons (Fsp3) is 0.278. The molecule has 3 aromatic rings. The number of fused-ring (bicyclic) bond motifs is 1. The van der Waals surface area contributed by atoms with E-state index in [1.165, 1.54) is 27.2 Å². The topological polar surface area (TPSA) is 72.2 Å². The van der Waals surface area contributed by atoms with E-state index in [0.29, 0.717) is 10.2 Å². The highest BCUT2D eigenvalue weighted by atomic mass is 32.1. The molecule has 0 saturated carbocycles. The molecule has 1 atom stereocenters. The molecule has 0 aliphatic heterocycles. The number of aryl methyl sites for hydroxylation is 3. The maximum atomic E-state index is 12.1. The predicted octanol–water partition coefficient (Wildman–Crippen LogP) is 4.13. The molecule has 0 bridgehead atoms. The Morgan fingerprint density at radius 2 is 2.12 bits per heavy atom. The fourth-order valence-electron chi connectivity index (χ4n) is 2.52. The summed E-state index contributed by atoms with van der Waals surface area (Å²) in [6.07, 6.45) is 3.27. The molecule has 1 unspecified atom stereocenters. The van der Waals surface area contributed by atoms with Gasteiger partial charge in [-0.05, 0) is 56.3 Å². The second-order valence-electron chi connectivity index (χ2n) is 5.87. The second-order valence-corrected chi connectivity index (χ2v) is 8.19. The molecule has 3 heterocycles. The molecule has 0 aromatic carbocycles. The number of nitrogens with one attached hydrogen (secondary N) is 1. The monoisotopic (exact) mass is 374 g/mol. The van der Waals surface area contributed by atoms with Gasteiger partial charge in [-0.1, -0.05) is 0 Å². The van der Waals surface area contributed by atoms with Gasteiger partial charge in [0.1, 0.15) is 10.9 Å². The maximum Gasteiger partial charge on any atom is 0.348 e. The van der Waals surface area contributed by atoms with E-state index in [4.69, 9.17) is 4.42 Å². The molecule has 0 spiro atoms. The molecular weight excluding hydrogens is 356 g/mol. The molecule has 7 heteroatoms. The average Bonchev–Trinajstić information content (AvgIpc) is 3.07. The van der Waals surface area contributed by atoms with Crippen molar-refractivity contribution in [3.63, 3.8) is 0 Å². The van der Waals surface area contributed by atoms with E-state index in [2.05, 4.69) is 10.3 Å². The minimum absolute atomic E-state index is 0.212. The molecule has 1 amide bonds. The van der Waals surface area contributed by atoms with E-state index in [9.17, 15) is 9.59 Å². The summed E-state index contributed by atoms with van der Waals surface area (Å²) in [5, 5.41) is 5.16. The van der Waals surface area contributed by atoms with Crippen LogP contribution in [0.1, 0.15) is 39.7 Å². The third-order valence-corrected chi connectivity index (χ3v) is 5.76. The Hall–Kier alpha value is -2.25. The van der Waals surface area contributed by atoms with Crippen LogP contribution in [-0.2, 0) is 4.79 Å². The van der Waals surface area contributed by atoms with Crippen LogP contribution in [0.3, 0.4) is 0 Å². The quantitative estimate of drug-likeness (QED) is 0.697. The summed E-state index contributed by atoms with van der Waals surface area (Å²) in [7, 11) is 0. The minimum atomic E-state index is -0.498. The van der Waals surface area contributed by atoms with Crippen molar-refractivity contribution in [1.82, 2.24) is 10.3 Å². The van der Waals surface area contributed by atoms with Gasteiger partial charge in [-0.3, -0.25) is 4.79 Å². The Balaban J connectivity index is 1.75. The molecule has 0 aliphatic rings. The van der Waals surface area contributed by atoms with Gasteiger partial charge in [-0.25, -0.2) is 9.78 Å². The number of aromatic nitrogens is 1. The predicted molar refractivity (Wildman–Crippen MR) is 102 cm³/mol. The van der Waals surface area contributed by atoms with Crippen LogP contribution in [0.15, 0.2) is 26.7 Å². The molecule has 1 N–H and O–H groups in total. The largest absolute Gasteiger partial charge is 0.406 e. The molecule has 0 radical (unpaired) electrons. The first kappa shape index (κ1) is 17.6. The SMILES string of the molecule is Cc1cc(/C=C/C(=O)NC(C)c2nc3scc(C)c3c(=O)o2)c(C)s1. The Labute approximate surface area is 153 Å². The first-order valence-electron chi connectivity index (χ1n) is 7.79. The van der Waals surface area contributed by atoms with Gasteiger partial charge in [0, 0.05) is 15.8 Å². The van der Waals surface area contributed by atoms with Crippen LogP contribution in [-0.4, -0.2) is 10.9 Å². The van der Waals surface area contributed by atoms with Gasteiger partial charge in [-0.2, -0.15) is 0 Å². The number of thiophene rings is 2. The number of hydrogen-bond donors (Lipinski definition) is 1. The van der Waals surface area contributed by atoms with E-state index < -0.39 is 11.7 Å². The molecule has 0 fully saturated rings. The zero-order chi connectivity index (χ0) is 18.1. The summed E-state index contributed by atoms with van der Waals surface area (Å²) in [6, 6.07) is 1.54. The summed E-state index contributed by atoms with van der Waals surface area (Å²) in [6.45, 7) is 7.65. The standard InChI is InChI=1S/C18H18N2O3S2/c1-9-8-24-17-15(9)18(22)23-16(20-17)11(3)19-14(21)6-5-13-7-10(2)25-12(13)4/h5-8,11H,1-4H3,(H,19,21)/b6-5+. The van der Waals surface area contributed by atoms with Crippen LogP contribution in [0, 0.1) is 20.8 Å². The van der Waals surface area contributed by atoms with Crippen molar-refractivity contribution in [2.75, 3.05) is 0 Å². The van der Waals surface area contributed by atoms with Crippen molar-refractivity contribution in [3.8, 4) is 0 Å². The third kappa shape index (κ3) is 3.72. The van der Waals surface area contributed by atoms with Gasteiger partial charge in [0.15, 0.2) is 0 Å². The molecule has 3 rings (SSSR count). The van der Waals surface area contributed by atoms with Gasteiger partial charge < -0.3 is 9.73 Å². The van der Waals surface area contributed by atoms with E-state index in [0.717, 1.165) is 11.1 Å². The molecule has 0 aliphatic carbocycles. The average molecular weight is 374 g/mol. The van der Waals surface area contributed by atoms with Crippen molar-refractivity contribution >= 4 is 44.9 Å². The summed E-state index contributed by atoms with van der Waals surface area (Å²) >= 11 is 3.09. The molecule has 5 nitrogen and oxygen atoms in total. The minimum Gasteiger partial charge on any atom is -0.406 e. The van der Waals surface area contributed by atoms with Gasteiger partial charge in [0.25, 0.3) is 0 Å². The second kappa shape index (κ2) is 6.93. The first-order chi connectivity index (χ1) is 11.8. The van der Waals surface area contributed by atoms with E-state index >= 15 is 0 Å². The number of rotatable bonds is 4. The highest BCUT2D eigenvalue weighted by Crippen LogP contribution is 2.23. The van der Waals surface area contributed by atoms with Crippen LogP contribution in [0.25, 0.3) is 16.3 Å². The lowest BCUT2D eigenvalue weighted by atomic mass is 10.2. The highest BCUT2D eigenvalue weighted by molar-refractivity contribution is 7.16. The number of nitrogens with zero attached hydrogens (tertiary/aromatic N) is 1. The number of amides is 1. The van der Waals surface area contributed by atoms with Crippen LogP contribution in [0.5, 0.6) is 0 Å². The van der Waals surface area contributed by atoms with Crippen LogP contribution in [0.2, 0.25) is 0 Å². The molecular formula is C18H18N2O3S2. The van der Waals surface area contributed by atoms with Gasteiger partial charge in [0.05, 0.1) is 5.39 Å². The smallest absolute Gasteiger partial charge is 0.348 e. The Morgan fingerprint density at radius 1 is 1.36 bits per heavy atom. The molecule has 130 valence electrons. The van der Waals surface area contributed by atoms with Gasteiger partial charge in [0.2, 0.25) is 11.8 Å². The van der Waals surface area contributed by atoms with Crippen molar-refractivity contribution in [3.05, 3.63) is 54.7 Å². The lowest BCUT2D eigenvalue weighted by Gasteiger charge is -2.10. The normalized spacial score (nSPS) is 12.8. The Bertz CT molecular complexity index is 1030.